The molecule has 0 atom stereocenters. The molecule has 1 fully saturated rings. The lowest BCUT2D eigenvalue weighted by Gasteiger charge is -2.32. The normalized spacial score (nSPS) is 13.4. The topological polar surface area (TPSA) is 148 Å². The van der Waals surface area contributed by atoms with E-state index in [-0.39, 0.29) is 0 Å². The maximum Gasteiger partial charge on any atom is 0.495 e. The third kappa shape index (κ3) is 11.1. The first kappa shape index (κ1) is 60.0. The van der Waals surface area contributed by atoms with Gasteiger partial charge in [0.1, 0.15) is 44.7 Å². The standard InChI is InChI=1S/C39H23N3O2.C33H28BN3O3.C12H7BrO/c1-3-10-24(11-4-1)37-40-38(25-12-5-2-6-13-25)42-39(41-37)27-18-20-30-35(23-27)44-34-17-9-15-28(36(30)34)26-19-21-33-31(22-26)29-14-7-8-16-32(29)43-33;1-32(2)33(3,4)40-34(39-32)25-16-11-17-26-28(25)24-19-18-23(20-27(24)38-26)31-36-29(21-12-7-5-8-13-21)35-30(37-31)22-14-9-6-10-15-22;13-8-5-6-12-10(7-8)9-3-1-2-4-11(9)14-12/h1-23H;5-20H,1-4H3;1-7H. The van der Waals surface area contributed by atoms with Crippen molar-refractivity contribution >= 4 is 116 Å². The van der Waals surface area contributed by atoms with E-state index in [1.807, 2.05) is 212 Å². The van der Waals surface area contributed by atoms with Crippen molar-refractivity contribution < 1.29 is 27.0 Å². The van der Waals surface area contributed by atoms with Crippen LogP contribution < -0.4 is 5.46 Å². The predicted octanol–water partition coefficient (Wildman–Crippen LogP) is 21.8. The van der Waals surface area contributed by atoms with E-state index in [2.05, 4.69) is 110 Å². The number of hydrogen-bond acceptors (Lipinski definition) is 12. The number of halogens is 1. The van der Waals surface area contributed by atoms with Crippen LogP contribution in [-0.2, 0) is 9.31 Å². The van der Waals surface area contributed by atoms with Crippen LogP contribution in [0.15, 0.2) is 301 Å². The van der Waals surface area contributed by atoms with Gasteiger partial charge in [-0.1, -0.05) is 216 Å². The lowest BCUT2D eigenvalue weighted by Crippen LogP contribution is -2.41. The number of para-hydroxylation sites is 2. The molecular weight excluding hydrogens is 1280 g/mol. The summed E-state index contributed by atoms with van der Waals surface area (Å²) >= 11 is 3.46. The Morgan fingerprint density at radius 2 is 0.622 bits per heavy atom. The first-order valence-corrected chi connectivity index (χ1v) is 33.2. The van der Waals surface area contributed by atoms with Crippen molar-refractivity contribution in [1.82, 2.24) is 29.9 Å². The molecule has 0 amide bonds. The molecule has 6 aromatic heterocycles. The molecule has 14 heteroatoms. The maximum absolute atomic E-state index is 6.46. The second kappa shape index (κ2) is 24.5. The molecule has 19 rings (SSSR count). The van der Waals surface area contributed by atoms with Gasteiger partial charge in [-0.2, -0.15) is 0 Å². The van der Waals surface area contributed by atoms with Crippen LogP contribution >= 0.6 is 15.9 Å². The molecule has 0 spiro atoms. The Balaban J connectivity index is 0.000000123. The number of aromatic nitrogens is 6. The van der Waals surface area contributed by atoms with Crippen LogP contribution in [0.3, 0.4) is 0 Å². The van der Waals surface area contributed by atoms with Gasteiger partial charge in [-0.05, 0) is 123 Å². The largest absolute Gasteiger partial charge is 0.495 e. The highest BCUT2D eigenvalue weighted by molar-refractivity contribution is 9.10. The van der Waals surface area contributed by atoms with Gasteiger partial charge in [0, 0.05) is 80.9 Å². The average Bonchev–Trinajstić information content (AvgIpc) is 1.53. The van der Waals surface area contributed by atoms with E-state index in [4.69, 9.17) is 56.9 Å². The summed E-state index contributed by atoms with van der Waals surface area (Å²) < 4.78 is 38.5. The molecule has 0 N–H and O–H groups in total. The Morgan fingerprint density at radius 1 is 0.265 bits per heavy atom. The molecule has 12 aromatic carbocycles. The molecule has 0 unspecified atom stereocenters. The molecule has 1 aliphatic heterocycles. The van der Waals surface area contributed by atoms with Gasteiger partial charge in [-0.15, -0.1) is 0 Å². The third-order valence-electron chi connectivity index (χ3n) is 18.5. The summed E-state index contributed by atoms with van der Waals surface area (Å²) in [7, 11) is -0.487. The molecule has 0 saturated carbocycles. The van der Waals surface area contributed by atoms with Gasteiger partial charge in [-0.25, -0.2) is 29.9 Å². The number of fused-ring (bicyclic) bond motifs is 12. The number of nitrogens with zero attached hydrogens (tertiary/aromatic N) is 6. The van der Waals surface area contributed by atoms with Gasteiger partial charge in [0.05, 0.1) is 11.2 Å². The predicted molar refractivity (Wildman–Crippen MR) is 397 cm³/mol. The van der Waals surface area contributed by atoms with Crippen molar-refractivity contribution in [2.45, 2.75) is 38.9 Å². The summed E-state index contributed by atoms with van der Waals surface area (Å²) in [5.74, 6) is 3.68. The fourth-order valence-corrected chi connectivity index (χ4v) is 13.2. The fraction of sp³-hybridized carbons (Fsp3) is 0.0714. The Morgan fingerprint density at radius 3 is 1.10 bits per heavy atom. The molecule has 12 nitrogen and oxygen atoms in total. The van der Waals surface area contributed by atoms with Crippen molar-refractivity contribution in [2.75, 3.05) is 0 Å². The minimum absolute atomic E-state index is 0.432. The Bertz CT molecular complexity index is 5920. The highest BCUT2D eigenvalue weighted by Gasteiger charge is 2.52. The zero-order valence-electron chi connectivity index (χ0n) is 53.6. The number of hydrogen-bond donors (Lipinski definition) is 0. The summed E-state index contributed by atoms with van der Waals surface area (Å²) in [6.07, 6.45) is 0. The smallest absolute Gasteiger partial charge is 0.456 e. The maximum atomic E-state index is 6.46. The summed E-state index contributed by atoms with van der Waals surface area (Å²) in [4.78, 5) is 29.2. The molecule has 1 aliphatic rings. The van der Waals surface area contributed by atoms with E-state index in [0.29, 0.717) is 34.9 Å². The van der Waals surface area contributed by atoms with Gasteiger partial charge < -0.3 is 27.0 Å². The fourth-order valence-electron chi connectivity index (χ4n) is 12.8. The summed E-state index contributed by atoms with van der Waals surface area (Å²) in [6.45, 7) is 8.26. The van der Waals surface area contributed by atoms with E-state index in [9.17, 15) is 0 Å². The molecule has 0 bridgehead atoms. The van der Waals surface area contributed by atoms with Crippen molar-refractivity contribution in [3.05, 3.63) is 284 Å². The van der Waals surface area contributed by atoms with Crippen LogP contribution in [-0.4, -0.2) is 48.2 Å². The molecule has 1 saturated heterocycles. The highest BCUT2D eigenvalue weighted by atomic mass is 79.9. The second-order valence-electron chi connectivity index (χ2n) is 25.2. The molecule has 0 radical (unpaired) electrons. The number of furan rings is 4. The Kier molecular flexibility index (Phi) is 15.0. The zero-order valence-corrected chi connectivity index (χ0v) is 55.2. The van der Waals surface area contributed by atoms with Gasteiger partial charge >= 0.3 is 7.12 Å². The Hall–Kier alpha value is -11.7. The number of benzene rings is 12. The van der Waals surface area contributed by atoms with Crippen LogP contribution in [0.4, 0.5) is 0 Å². The Labute approximate surface area is 571 Å². The SMILES string of the molecule is Brc1ccc2oc3ccccc3c2c1.CC1(C)OB(c2cccc3oc4cc(-c5nc(-c6ccccc6)nc(-c6ccccc6)n5)ccc4c23)OC1(C)C.c1ccc(-c2nc(-c3ccccc3)nc(-c3ccc4c(c3)oc3cccc(-c5ccc6oc7ccccc7c6c5)c34)n2)cc1. The van der Waals surface area contributed by atoms with Crippen LogP contribution in [0.2, 0.25) is 0 Å². The molecule has 98 heavy (non-hydrogen) atoms. The van der Waals surface area contributed by atoms with E-state index in [1.54, 1.807) is 0 Å². The molecule has 0 aliphatic carbocycles. The van der Waals surface area contributed by atoms with E-state index < -0.39 is 18.3 Å². The lowest BCUT2D eigenvalue weighted by molar-refractivity contribution is 0.00578. The molecule has 18 aromatic rings. The van der Waals surface area contributed by atoms with Crippen LogP contribution in [0.5, 0.6) is 0 Å². The van der Waals surface area contributed by atoms with Gasteiger partial charge in [-0.3, -0.25) is 0 Å². The van der Waals surface area contributed by atoms with E-state index >= 15 is 0 Å². The summed E-state index contributed by atoms with van der Waals surface area (Å²) in [5.41, 5.74) is 14.6. The second-order valence-corrected chi connectivity index (χ2v) is 26.2. The minimum Gasteiger partial charge on any atom is -0.456 e. The zero-order chi connectivity index (χ0) is 66.1. The molecular formula is C84H58BBrN6O6. The summed E-state index contributed by atoms with van der Waals surface area (Å²) in [6, 6.07) is 93.2. The first-order valence-electron chi connectivity index (χ1n) is 32.4. The van der Waals surface area contributed by atoms with Crippen LogP contribution in [0, 0.1) is 0 Å². The monoisotopic (exact) mass is 1340 g/mol. The van der Waals surface area contributed by atoms with Crippen LogP contribution in [0.1, 0.15) is 27.7 Å². The van der Waals surface area contributed by atoms with Gasteiger partial charge in [0.25, 0.3) is 0 Å². The highest BCUT2D eigenvalue weighted by Crippen LogP contribution is 2.42. The first-order chi connectivity index (χ1) is 47.9. The average molecular weight is 1340 g/mol. The van der Waals surface area contributed by atoms with Crippen molar-refractivity contribution in [1.29, 1.82) is 0 Å². The summed E-state index contributed by atoms with van der Waals surface area (Å²) in [5, 5.41) is 8.64. The van der Waals surface area contributed by atoms with Gasteiger partial charge in [0.2, 0.25) is 0 Å². The van der Waals surface area contributed by atoms with Crippen molar-refractivity contribution in [3.63, 3.8) is 0 Å². The van der Waals surface area contributed by atoms with E-state index in [0.717, 1.165) is 137 Å². The molecule has 470 valence electrons. The quantitative estimate of drug-likeness (QED) is 0.133. The van der Waals surface area contributed by atoms with Crippen LogP contribution in [0.25, 0.3) is 167 Å². The van der Waals surface area contributed by atoms with Crippen molar-refractivity contribution in [2.24, 2.45) is 0 Å². The van der Waals surface area contributed by atoms with E-state index in [1.165, 1.54) is 5.39 Å². The van der Waals surface area contributed by atoms with Crippen molar-refractivity contribution in [3.8, 4) is 79.5 Å². The lowest BCUT2D eigenvalue weighted by atomic mass is 9.76. The van der Waals surface area contributed by atoms with Gasteiger partial charge in [0.15, 0.2) is 34.9 Å². The number of rotatable bonds is 8. The minimum atomic E-state index is -0.487. The molecule has 7 heterocycles. The third-order valence-corrected chi connectivity index (χ3v) is 19.0.